The van der Waals surface area contributed by atoms with E-state index in [1.54, 1.807) is 0 Å². The summed E-state index contributed by atoms with van der Waals surface area (Å²) in [5.41, 5.74) is 4.13. The highest BCUT2D eigenvalue weighted by Crippen LogP contribution is 2.35. The number of aromatic nitrogens is 2. The second-order valence-electron chi connectivity index (χ2n) is 8.01. The van der Waals surface area contributed by atoms with Crippen molar-refractivity contribution in [2.75, 3.05) is 10.6 Å². The molecule has 0 aliphatic rings. The highest BCUT2D eigenvalue weighted by atomic mass is 79.9. The van der Waals surface area contributed by atoms with Gasteiger partial charge in [-0.3, -0.25) is 14.2 Å². The zero-order valence-corrected chi connectivity index (χ0v) is 21.2. The average Bonchev–Trinajstić information content (AvgIpc) is 3.20. The zero-order chi connectivity index (χ0) is 24.4. The first kappa shape index (κ1) is 23.0. The van der Waals surface area contributed by atoms with Crippen LogP contribution in [0.5, 0.6) is 0 Å². The number of fused-ring (bicyclic) bond motifs is 1. The van der Waals surface area contributed by atoms with Gasteiger partial charge in [-0.25, -0.2) is 4.98 Å². The minimum atomic E-state index is -0.297. The van der Waals surface area contributed by atoms with E-state index in [1.165, 1.54) is 22.2 Å². The summed E-state index contributed by atoms with van der Waals surface area (Å²) in [6.45, 7) is 1.86. The van der Waals surface area contributed by atoms with Crippen molar-refractivity contribution < 1.29 is 4.79 Å². The van der Waals surface area contributed by atoms with Crippen LogP contribution in [0.15, 0.2) is 94.5 Å². The molecule has 2 N–H and O–H groups in total. The van der Waals surface area contributed by atoms with Gasteiger partial charge in [0.25, 0.3) is 5.56 Å². The van der Waals surface area contributed by atoms with Crippen molar-refractivity contribution in [3.63, 3.8) is 0 Å². The average molecular weight is 545 g/mol. The number of carbonyl (C=O) groups excluding carboxylic acids is 1. The van der Waals surface area contributed by atoms with Gasteiger partial charge in [0.15, 0.2) is 0 Å². The van der Waals surface area contributed by atoms with Gasteiger partial charge in [-0.2, -0.15) is 0 Å². The van der Waals surface area contributed by atoms with Crippen molar-refractivity contribution in [3.05, 3.63) is 105 Å². The Balaban J connectivity index is 1.34. The zero-order valence-electron chi connectivity index (χ0n) is 18.8. The molecule has 0 saturated heterocycles. The molecule has 5 aromatic rings. The molecule has 2 aromatic heterocycles. The number of benzene rings is 3. The van der Waals surface area contributed by atoms with Crippen molar-refractivity contribution in [2.24, 2.45) is 0 Å². The first-order chi connectivity index (χ1) is 17.0. The molecule has 174 valence electrons. The number of nitrogens with one attached hydrogen (secondary N) is 2. The Bertz CT molecular complexity index is 1560. The van der Waals surface area contributed by atoms with E-state index < -0.39 is 0 Å². The molecule has 0 radical (unpaired) electrons. The molecule has 2 heterocycles. The lowest BCUT2D eigenvalue weighted by atomic mass is 10.0. The van der Waals surface area contributed by atoms with E-state index in [1.807, 2.05) is 85.8 Å². The van der Waals surface area contributed by atoms with Gasteiger partial charge < -0.3 is 10.6 Å². The molecule has 6 nitrogen and oxygen atoms in total. The lowest BCUT2D eigenvalue weighted by Gasteiger charge is -2.10. The Kier molecular flexibility index (Phi) is 6.48. The van der Waals surface area contributed by atoms with E-state index in [0.717, 1.165) is 31.9 Å². The van der Waals surface area contributed by atoms with Crippen molar-refractivity contribution in [2.45, 2.75) is 13.5 Å². The standard InChI is InChI=1S/C27H21BrN4O2S/c1-17-24(18-7-9-19(28)10-8-18)25-26(35-17)29-16-32(27(25)34)15-23(33)31-22-13-11-21(12-14-22)30-20-5-3-2-4-6-20/h2-14,16,30H,15H2,1H3,(H,31,33). The van der Waals surface area contributed by atoms with Crippen molar-refractivity contribution >= 4 is 60.5 Å². The summed E-state index contributed by atoms with van der Waals surface area (Å²) in [6.07, 6.45) is 1.44. The highest BCUT2D eigenvalue weighted by Gasteiger charge is 2.18. The predicted molar refractivity (Wildman–Crippen MR) is 147 cm³/mol. The number of nitrogens with zero attached hydrogens (tertiary/aromatic N) is 2. The Morgan fingerprint density at radius 2 is 1.60 bits per heavy atom. The number of anilines is 3. The molecule has 3 aromatic carbocycles. The van der Waals surface area contributed by atoms with Gasteiger partial charge in [-0.05, 0) is 61.0 Å². The number of hydrogen-bond donors (Lipinski definition) is 2. The van der Waals surface area contributed by atoms with Gasteiger partial charge in [0.2, 0.25) is 5.91 Å². The number of para-hydroxylation sites is 1. The summed E-state index contributed by atoms with van der Waals surface area (Å²) >= 11 is 4.93. The smallest absolute Gasteiger partial charge is 0.263 e. The SMILES string of the molecule is Cc1sc2ncn(CC(=O)Nc3ccc(Nc4ccccc4)cc3)c(=O)c2c1-c1ccc(Br)cc1. The largest absolute Gasteiger partial charge is 0.356 e. The van der Waals surface area contributed by atoms with Crippen LogP contribution in [0.3, 0.4) is 0 Å². The molecule has 0 aliphatic carbocycles. The summed E-state index contributed by atoms with van der Waals surface area (Å²) in [4.78, 5) is 32.2. The third-order valence-electron chi connectivity index (χ3n) is 5.53. The molecule has 0 unspecified atom stereocenters. The topological polar surface area (TPSA) is 76.0 Å². The van der Waals surface area contributed by atoms with Crippen LogP contribution in [0.1, 0.15) is 4.88 Å². The second kappa shape index (κ2) is 9.85. The van der Waals surface area contributed by atoms with Crippen LogP contribution < -0.4 is 16.2 Å². The Hall–Kier alpha value is -3.75. The van der Waals surface area contributed by atoms with Crippen LogP contribution in [0.25, 0.3) is 21.3 Å². The lowest BCUT2D eigenvalue weighted by molar-refractivity contribution is -0.116. The normalized spacial score (nSPS) is 10.9. The van der Waals surface area contributed by atoms with Gasteiger partial charge in [0.05, 0.1) is 11.7 Å². The molecule has 1 amide bonds. The van der Waals surface area contributed by atoms with E-state index in [9.17, 15) is 9.59 Å². The third-order valence-corrected chi connectivity index (χ3v) is 7.07. The van der Waals surface area contributed by atoms with Crippen LogP contribution in [0, 0.1) is 6.92 Å². The molecule has 0 saturated carbocycles. The number of amides is 1. The maximum Gasteiger partial charge on any atom is 0.263 e. The molecule has 5 rings (SSSR count). The number of aryl methyl sites for hydroxylation is 1. The Morgan fingerprint density at radius 1 is 0.943 bits per heavy atom. The summed E-state index contributed by atoms with van der Waals surface area (Å²) in [5.74, 6) is -0.297. The molecule has 0 spiro atoms. The number of thiophene rings is 1. The Labute approximate surface area is 214 Å². The van der Waals surface area contributed by atoms with Crippen LogP contribution in [0.4, 0.5) is 17.1 Å². The van der Waals surface area contributed by atoms with Gasteiger partial charge in [0.1, 0.15) is 11.4 Å². The van der Waals surface area contributed by atoms with Crippen molar-refractivity contribution in [1.82, 2.24) is 9.55 Å². The van der Waals surface area contributed by atoms with Crippen molar-refractivity contribution in [1.29, 1.82) is 0 Å². The maximum absolute atomic E-state index is 13.3. The van der Waals surface area contributed by atoms with Crippen LogP contribution in [0.2, 0.25) is 0 Å². The number of rotatable bonds is 6. The predicted octanol–water partition coefficient (Wildman–Crippen LogP) is 6.58. The summed E-state index contributed by atoms with van der Waals surface area (Å²) in [6, 6.07) is 25.1. The molecule has 0 fully saturated rings. The molecule has 8 heteroatoms. The van der Waals surface area contributed by atoms with Gasteiger partial charge in [0, 0.05) is 32.0 Å². The van der Waals surface area contributed by atoms with Crippen LogP contribution in [-0.4, -0.2) is 15.5 Å². The summed E-state index contributed by atoms with van der Waals surface area (Å²) in [7, 11) is 0. The minimum absolute atomic E-state index is 0.125. The molecule has 0 aliphatic heterocycles. The second-order valence-corrected chi connectivity index (χ2v) is 10.1. The quantitative estimate of drug-likeness (QED) is 0.253. The fourth-order valence-corrected chi connectivity index (χ4v) is 5.16. The van der Waals surface area contributed by atoms with Crippen molar-refractivity contribution in [3.8, 4) is 11.1 Å². The summed E-state index contributed by atoms with van der Waals surface area (Å²) < 4.78 is 2.33. The lowest BCUT2D eigenvalue weighted by Crippen LogP contribution is -2.27. The third kappa shape index (κ3) is 5.03. The monoisotopic (exact) mass is 544 g/mol. The van der Waals surface area contributed by atoms with Gasteiger partial charge in [-0.15, -0.1) is 11.3 Å². The fraction of sp³-hybridized carbons (Fsp3) is 0.0741. The molecule has 35 heavy (non-hydrogen) atoms. The van der Waals surface area contributed by atoms with Crippen LogP contribution >= 0.6 is 27.3 Å². The van der Waals surface area contributed by atoms with E-state index in [2.05, 4.69) is 31.5 Å². The fourth-order valence-electron chi connectivity index (χ4n) is 3.89. The Morgan fingerprint density at radius 3 is 2.31 bits per heavy atom. The minimum Gasteiger partial charge on any atom is -0.356 e. The molecular formula is C27H21BrN4O2S. The van der Waals surface area contributed by atoms with E-state index in [-0.39, 0.29) is 18.0 Å². The number of hydrogen-bond acceptors (Lipinski definition) is 5. The molecule has 0 bridgehead atoms. The van der Waals surface area contributed by atoms with Gasteiger partial charge >= 0.3 is 0 Å². The van der Waals surface area contributed by atoms with Gasteiger partial charge in [-0.1, -0.05) is 46.3 Å². The highest BCUT2D eigenvalue weighted by molar-refractivity contribution is 9.10. The number of carbonyl (C=O) groups is 1. The first-order valence-electron chi connectivity index (χ1n) is 10.9. The van der Waals surface area contributed by atoms with E-state index >= 15 is 0 Å². The molecule has 0 atom stereocenters. The van der Waals surface area contributed by atoms with E-state index in [0.29, 0.717) is 15.9 Å². The van der Waals surface area contributed by atoms with Crippen LogP contribution in [-0.2, 0) is 11.3 Å². The number of halogens is 1. The summed E-state index contributed by atoms with van der Waals surface area (Å²) in [5, 5.41) is 6.71. The molecular weight excluding hydrogens is 524 g/mol. The first-order valence-corrected chi connectivity index (χ1v) is 12.6. The van der Waals surface area contributed by atoms with E-state index in [4.69, 9.17) is 0 Å². The maximum atomic E-state index is 13.3.